The van der Waals surface area contributed by atoms with Crippen LogP contribution in [-0.2, 0) is 11.2 Å². The van der Waals surface area contributed by atoms with Crippen LogP contribution in [0.1, 0.15) is 37.7 Å². The highest BCUT2D eigenvalue weighted by Gasteiger charge is 2.39. The molecular formula is C24H25ClN2O2. The fraction of sp³-hybridized carbons (Fsp3) is 0.333. The highest BCUT2D eigenvalue weighted by molar-refractivity contribution is 6.32. The van der Waals surface area contributed by atoms with Crippen molar-refractivity contribution in [1.82, 2.24) is 4.98 Å². The van der Waals surface area contributed by atoms with Gasteiger partial charge in [-0.2, -0.15) is 0 Å². The van der Waals surface area contributed by atoms with Crippen molar-refractivity contribution in [1.29, 1.82) is 0 Å². The molecule has 3 aromatic rings. The molecule has 0 radical (unpaired) electrons. The number of nitrogens with zero attached hydrogens (tertiary/aromatic N) is 1. The number of ether oxygens (including phenoxy) is 1. The van der Waals surface area contributed by atoms with Gasteiger partial charge in [0.1, 0.15) is 5.75 Å². The number of amides is 1. The van der Waals surface area contributed by atoms with Crippen LogP contribution in [0.4, 0.5) is 5.69 Å². The number of hydrogen-bond donors (Lipinski definition) is 1. The Morgan fingerprint density at radius 3 is 2.72 bits per heavy atom. The molecule has 4 rings (SSSR count). The fourth-order valence-electron chi connectivity index (χ4n) is 4.32. The second-order valence-electron chi connectivity index (χ2n) is 7.86. The molecule has 0 bridgehead atoms. The highest BCUT2D eigenvalue weighted by atomic mass is 35.5. The van der Waals surface area contributed by atoms with Gasteiger partial charge in [0.2, 0.25) is 5.91 Å². The van der Waals surface area contributed by atoms with Gasteiger partial charge in [0.25, 0.3) is 0 Å². The first kappa shape index (κ1) is 19.7. The second kappa shape index (κ2) is 8.42. The van der Waals surface area contributed by atoms with Crippen LogP contribution in [0.25, 0.3) is 10.9 Å². The predicted octanol–water partition coefficient (Wildman–Crippen LogP) is 6.03. The Hall–Kier alpha value is -2.59. The van der Waals surface area contributed by atoms with Gasteiger partial charge in [-0.15, -0.1) is 0 Å². The number of pyridine rings is 1. The number of hydrogen-bond acceptors (Lipinski definition) is 3. The van der Waals surface area contributed by atoms with Crippen molar-refractivity contribution in [2.75, 3.05) is 12.4 Å². The van der Waals surface area contributed by atoms with E-state index in [4.69, 9.17) is 16.3 Å². The lowest BCUT2D eigenvalue weighted by atomic mass is 9.69. The Balaban J connectivity index is 1.60. The largest absolute Gasteiger partial charge is 0.495 e. The van der Waals surface area contributed by atoms with Crippen LogP contribution in [0.15, 0.2) is 54.7 Å². The van der Waals surface area contributed by atoms with E-state index in [0.29, 0.717) is 17.2 Å². The summed E-state index contributed by atoms with van der Waals surface area (Å²) >= 11 is 6.18. The van der Waals surface area contributed by atoms with E-state index in [0.717, 1.165) is 47.8 Å². The maximum Gasteiger partial charge on any atom is 0.230 e. The van der Waals surface area contributed by atoms with Crippen LogP contribution in [0, 0.1) is 5.41 Å². The summed E-state index contributed by atoms with van der Waals surface area (Å²) < 4.78 is 5.36. The number of methoxy groups -OCH3 is 1. The van der Waals surface area contributed by atoms with Crippen LogP contribution in [0.2, 0.25) is 5.02 Å². The number of anilines is 1. The van der Waals surface area contributed by atoms with Crippen LogP contribution >= 0.6 is 11.6 Å². The Labute approximate surface area is 176 Å². The van der Waals surface area contributed by atoms with Gasteiger partial charge in [0.05, 0.1) is 34.9 Å². The Morgan fingerprint density at radius 2 is 1.93 bits per heavy atom. The molecule has 1 aromatic heterocycles. The zero-order chi connectivity index (χ0) is 20.3. The third-order valence-electron chi connectivity index (χ3n) is 5.90. The van der Waals surface area contributed by atoms with E-state index in [1.807, 2.05) is 48.5 Å². The number of carbonyl (C=O) groups excluding carboxylic acids is 1. The number of halogens is 1. The summed E-state index contributed by atoms with van der Waals surface area (Å²) in [6.07, 6.45) is 7.48. The Kier molecular flexibility index (Phi) is 5.72. The lowest BCUT2D eigenvalue weighted by molar-refractivity contribution is -0.127. The molecule has 2 aromatic carbocycles. The predicted molar refractivity (Wildman–Crippen MR) is 118 cm³/mol. The van der Waals surface area contributed by atoms with E-state index in [2.05, 4.69) is 10.3 Å². The quantitative estimate of drug-likeness (QED) is 0.560. The number of rotatable bonds is 5. The highest BCUT2D eigenvalue weighted by Crippen LogP contribution is 2.41. The van der Waals surface area contributed by atoms with E-state index in [9.17, 15) is 4.79 Å². The van der Waals surface area contributed by atoms with Crippen molar-refractivity contribution in [3.8, 4) is 5.75 Å². The molecule has 1 amide bonds. The number of para-hydroxylation sites is 1. The van der Waals surface area contributed by atoms with Crippen LogP contribution < -0.4 is 10.1 Å². The number of fused-ring (bicyclic) bond motifs is 1. The van der Waals surface area contributed by atoms with Gasteiger partial charge in [-0.1, -0.05) is 55.1 Å². The lowest BCUT2D eigenvalue weighted by Gasteiger charge is -2.36. The zero-order valence-corrected chi connectivity index (χ0v) is 17.3. The van der Waals surface area contributed by atoms with Gasteiger partial charge in [-0.3, -0.25) is 9.78 Å². The molecule has 1 aliphatic rings. The smallest absolute Gasteiger partial charge is 0.230 e. The van der Waals surface area contributed by atoms with Crippen molar-refractivity contribution in [3.63, 3.8) is 0 Å². The fourth-order valence-corrected chi connectivity index (χ4v) is 4.52. The van der Waals surface area contributed by atoms with Crippen LogP contribution in [-0.4, -0.2) is 18.0 Å². The van der Waals surface area contributed by atoms with Gasteiger partial charge in [0, 0.05) is 5.39 Å². The minimum absolute atomic E-state index is 0.0724. The summed E-state index contributed by atoms with van der Waals surface area (Å²) in [6, 6.07) is 15.7. The monoisotopic (exact) mass is 408 g/mol. The molecule has 0 spiro atoms. The minimum atomic E-state index is -0.428. The molecule has 1 heterocycles. The van der Waals surface area contributed by atoms with Crippen LogP contribution in [0.5, 0.6) is 5.75 Å². The molecule has 5 heteroatoms. The first-order valence-electron chi connectivity index (χ1n) is 10.1. The molecule has 29 heavy (non-hydrogen) atoms. The van der Waals surface area contributed by atoms with Gasteiger partial charge in [-0.05, 0) is 49.1 Å². The summed E-state index contributed by atoms with van der Waals surface area (Å²) in [6.45, 7) is 0. The van der Waals surface area contributed by atoms with E-state index >= 15 is 0 Å². The number of benzene rings is 2. The van der Waals surface area contributed by atoms with Crippen molar-refractivity contribution in [3.05, 3.63) is 65.3 Å². The van der Waals surface area contributed by atoms with E-state index < -0.39 is 5.41 Å². The summed E-state index contributed by atoms with van der Waals surface area (Å²) in [7, 11) is 1.61. The molecule has 1 fully saturated rings. The lowest BCUT2D eigenvalue weighted by Crippen LogP contribution is -2.40. The summed E-state index contributed by atoms with van der Waals surface area (Å²) in [5.41, 5.74) is 2.31. The summed E-state index contributed by atoms with van der Waals surface area (Å²) in [4.78, 5) is 17.9. The Morgan fingerprint density at radius 1 is 1.14 bits per heavy atom. The molecule has 1 saturated carbocycles. The molecular weight excluding hydrogens is 384 g/mol. The molecule has 0 atom stereocenters. The summed E-state index contributed by atoms with van der Waals surface area (Å²) in [5, 5.41) is 4.75. The maximum atomic E-state index is 13.5. The molecule has 1 aliphatic carbocycles. The Bertz CT molecular complexity index is 1030. The average molecular weight is 409 g/mol. The molecule has 150 valence electrons. The van der Waals surface area contributed by atoms with E-state index in [-0.39, 0.29) is 5.91 Å². The number of carbonyl (C=O) groups is 1. The normalized spacial score (nSPS) is 15.8. The van der Waals surface area contributed by atoms with Gasteiger partial charge < -0.3 is 10.1 Å². The molecule has 4 nitrogen and oxygen atoms in total. The van der Waals surface area contributed by atoms with Crippen LogP contribution in [0.3, 0.4) is 0 Å². The first-order valence-corrected chi connectivity index (χ1v) is 10.5. The molecule has 0 unspecified atom stereocenters. The summed E-state index contributed by atoms with van der Waals surface area (Å²) in [5.74, 6) is 0.720. The molecule has 0 saturated heterocycles. The minimum Gasteiger partial charge on any atom is -0.495 e. The van der Waals surface area contributed by atoms with E-state index in [1.54, 1.807) is 13.3 Å². The standard InChI is InChI=1S/C24H25ClN2O2/c1-29-22-13-17(9-10-20(22)25)15-24(11-5-2-6-12-24)23(28)27-19-14-18-7-3-4-8-21(18)26-16-19/h3-4,7-10,13-14,16H,2,5-6,11-12,15H2,1H3,(H,27,28). The van der Waals surface area contributed by atoms with Gasteiger partial charge >= 0.3 is 0 Å². The third kappa shape index (κ3) is 4.23. The van der Waals surface area contributed by atoms with E-state index in [1.165, 1.54) is 6.42 Å². The van der Waals surface area contributed by atoms with Gasteiger partial charge in [-0.25, -0.2) is 0 Å². The molecule has 0 aliphatic heterocycles. The van der Waals surface area contributed by atoms with Crippen molar-refractivity contribution >= 4 is 34.1 Å². The number of nitrogens with one attached hydrogen (secondary N) is 1. The maximum absolute atomic E-state index is 13.5. The van der Waals surface area contributed by atoms with Gasteiger partial charge in [0.15, 0.2) is 0 Å². The average Bonchev–Trinajstić information content (AvgIpc) is 2.75. The molecule has 1 N–H and O–H groups in total. The first-order chi connectivity index (χ1) is 14.1. The topological polar surface area (TPSA) is 51.2 Å². The zero-order valence-electron chi connectivity index (χ0n) is 16.6. The second-order valence-corrected chi connectivity index (χ2v) is 8.26. The number of aromatic nitrogens is 1. The third-order valence-corrected chi connectivity index (χ3v) is 6.21. The SMILES string of the molecule is COc1cc(CC2(C(=O)Nc3cnc4ccccc4c3)CCCCC2)ccc1Cl. The van der Waals surface area contributed by atoms with Crippen molar-refractivity contribution < 1.29 is 9.53 Å². The van der Waals surface area contributed by atoms with Crippen molar-refractivity contribution in [2.45, 2.75) is 38.5 Å². The van der Waals surface area contributed by atoms with Crippen molar-refractivity contribution in [2.24, 2.45) is 5.41 Å².